The molecule has 0 saturated carbocycles. The fourth-order valence-corrected chi connectivity index (χ4v) is 3.43. The van der Waals surface area contributed by atoms with Gasteiger partial charge in [0, 0.05) is 25.7 Å². The number of furan rings is 1. The Bertz CT molecular complexity index is 900. The number of hydrogen-bond acceptors (Lipinski definition) is 5. The van der Waals surface area contributed by atoms with E-state index in [0.29, 0.717) is 23.7 Å². The maximum Gasteiger partial charge on any atom is 0.270 e. The third-order valence-electron chi connectivity index (χ3n) is 5.01. The number of nitrogens with one attached hydrogen (secondary N) is 1. The molecule has 0 radical (unpaired) electrons. The first-order valence-electron chi connectivity index (χ1n) is 10.1. The Balaban J connectivity index is 1.39. The van der Waals surface area contributed by atoms with Crippen LogP contribution < -0.4 is 5.32 Å². The molecule has 3 aromatic rings. The predicted molar refractivity (Wildman–Crippen MR) is 110 cm³/mol. The lowest BCUT2D eigenvalue weighted by atomic mass is 10.2. The SMILES string of the molecule is O=C(NCCCCN1CCOCC1)c1cc(-c2ccco2)nn1-c1ccccc1. The Morgan fingerprint density at radius 3 is 2.66 bits per heavy atom. The lowest BCUT2D eigenvalue weighted by Gasteiger charge is -2.26. The molecular formula is C22H26N4O3. The van der Waals surface area contributed by atoms with Gasteiger partial charge >= 0.3 is 0 Å². The molecule has 0 bridgehead atoms. The molecule has 3 heterocycles. The van der Waals surface area contributed by atoms with E-state index in [1.807, 2.05) is 42.5 Å². The van der Waals surface area contributed by atoms with Gasteiger partial charge in [-0.1, -0.05) is 18.2 Å². The van der Waals surface area contributed by atoms with E-state index in [9.17, 15) is 4.79 Å². The van der Waals surface area contributed by atoms with Crippen molar-refractivity contribution in [1.29, 1.82) is 0 Å². The van der Waals surface area contributed by atoms with Gasteiger partial charge in [-0.25, -0.2) is 4.68 Å². The summed E-state index contributed by atoms with van der Waals surface area (Å²) < 4.78 is 12.5. The van der Waals surface area contributed by atoms with Crippen molar-refractivity contribution in [3.8, 4) is 17.1 Å². The zero-order chi connectivity index (χ0) is 19.9. The van der Waals surface area contributed by atoms with Crippen LogP contribution >= 0.6 is 0 Å². The standard InChI is InChI=1S/C22H26N4O3/c27-22(23-10-4-5-11-25-12-15-28-16-13-25)20-17-19(21-9-6-14-29-21)24-26(20)18-7-2-1-3-8-18/h1-3,6-9,14,17H,4-5,10-13,15-16H2,(H,23,27). The van der Waals surface area contributed by atoms with E-state index in [2.05, 4.69) is 15.3 Å². The minimum absolute atomic E-state index is 0.134. The van der Waals surface area contributed by atoms with Gasteiger partial charge < -0.3 is 14.5 Å². The summed E-state index contributed by atoms with van der Waals surface area (Å²) in [5.74, 6) is 0.504. The van der Waals surface area contributed by atoms with E-state index >= 15 is 0 Å². The summed E-state index contributed by atoms with van der Waals surface area (Å²) in [4.78, 5) is 15.3. The number of hydrogen-bond donors (Lipinski definition) is 1. The number of ether oxygens (including phenoxy) is 1. The highest BCUT2D eigenvalue weighted by molar-refractivity contribution is 5.94. The molecule has 29 heavy (non-hydrogen) atoms. The van der Waals surface area contributed by atoms with Gasteiger partial charge in [-0.3, -0.25) is 9.69 Å². The first-order chi connectivity index (χ1) is 14.3. The van der Waals surface area contributed by atoms with E-state index in [0.717, 1.165) is 51.4 Å². The van der Waals surface area contributed by atoms with Gasteiger partial charge in [0.05, 0.1) is 25.2 Å². The number of unbranched alkanes of at least 4 members (excludes halogenated alkanes) is 1. The normalized spacial score (nSPS) is 14.8. The second-order valence-electron chi connectivity index (χ2n) is 7.06. The summed E-state index contributed by atoms with van der Waals surface area (Å²) in [5, 5.41) is 7.63. The Labute approximate surface area is 170 Å². The minimum Gasteiger partial charge on any atom is -0.463 e. The number of rotatable bonds is 8. The fourth-order valence-electron chi connectivity index (χ4n) is 3.43. The maximum absolute atomic E-state index is 12.9. The Morgan fingerprint density at radius 2 is 1.90 bits per heavy atom. The van der Waals surface area contributed by atoms with Crippen LogP contribution in [-0.2, 0) is 4.74 Å². The zero-order valence-electron chi connectivity index (χ0n) is 16.4. The van der Waals surface area contributed by atoms with Gasteiger partial charge in [-0.15, -0.1) is 0 Å². The second-order valence-corrected chi connectivity index (χ2v) is 7.06. The largest absolute Gasteiger partial charge is 0.463 e. The summed E-state index contributed by atoms with van der Waals surface area (Å²) in [6, 6.07) is 15.1. The summed E-state index contributed by atoms with van der Waals surface area (Å²) in [5.41, 5.74) is 1.97. The first-order valence-corrected chi connectivity index (χ1v) is 10.1. The topological polar surface area (TPSA) is 72.5 Å². The predicted octanol–water partition coefficient (Wildman–Crippen LogP) is 2.97. The number of para-hydroxylation sites is 1. The molecule has 1 saturated heterocycles. The quantitative estimate of drug-likeness (QED) is 0.595. The van der Waals surface area contributed by atoms with Crippen molar-refractivity contribution in [1.82, 2.24) is 20.0 Å². The number of benzene rings is 1. The van der Waals surface area contributed by atoms with Gasteiger partial charge in [0.1, 0.15) is 11.4 Å². The number of amides is 1. The average molecular weight is 394 g/mol. The number of carbonyl (C=O) groups excluding carboxylic acids is 1. The molecule has 152 valence electrons. The lowest BCUT2D eigenvalue weighted by Crippen LogP contribution is -2.37. The van der Waals surface area contributed by atoms with Crippen molar-refractivity contribution in [2.45, 2.75) is 12.8 Å². The van der Waals surface area contributed by atoms with E-state index < -0.39 is 0 Å². The number of aromatic nitrogens is 2. The highest BCUT2D eigenvalue weighted by atomic mass is 16.5. The van der Waals surface area contributed by atoms with E-state index in [4.69, 9.17) is 9.15 Å². The van der Waals surface area contributed by atoms with Crippen LogP contribution in [0.25, 0.3) is 17.1 Å². The molecule has 7 nitrogen and oxygen atoms in total. The second kappa shape index (κ2) is 9.54. The molecule has 1 fully saturated rings. The first kappa shape index (κ1) is 19.4. The molecule has 1 aliphatic heterocycles. The molecule has 1 N–H and O–H groups in total. The van der Waals surface area contributed by atoms with Crippen molar-refractivity contribution < 1.29 is 13.9 Å². The van der Waals surface area contributed by atoms with Crippen molar-refractivity contribution in [3.05, 3.63) is 60.5 Å². The number of morpholine rings is 1. The Kier molecular flexibility index (Phi) is 6.38. The van der Waals surface area contributed by atoms with E-state index in [1.54, 1.807) is 17.0 Å². The number of nitrogens with zero attached hydrogens (tertiary/aromatic N) is 3. The van der Waals surface area contributed by atoms with Crippen LogP contribution in [0.1, 0.15) is 23.3 Å². The molecular weight excluding hydrogens is 368 g/mol. The van der Waals surface area contributed by atoms with Crippen molar-refractivity contribution in [2.75, 3.05) is 39.4 Å². The maximum atomic E-state index is 12.9. The van der Waals surface area contributed by atoms with Gasteiger partial charge in [-0.05, 0) is 43.7 Å². The molecule has 0 atom stereocenters. The van der Waals surface area contributed by atoms with Crippen molar-refractivity contribution in [2.24, 2.45) is 0 Å². The summed E-state index contributed by atoms with van der Waals surface area (Å²) in [6.07, 6.45) is 3.59. The molecule has 0 spiro atoms. The highest BCUT2D eigenvalue weighted by Gasteiger charge is 2.18. The van der Waals surface area contributed by atoms with Crippen LogP contribution in [0.2, 0.25) is 0 Å². The molecule has 2 aromatic heterocycles. The molecule has 4 rings (SSSR count). The summed E-state index contributed by atoms with van der Waals surface area (Å²) >= 11 is 0. The third-order valence-corrected chi connectivity index (χ3v) is 5.01. The molecule has 1 aliphatic rings. The van der Waals surface area contributed by atoms with Crippen molar-refractivity contribution >= 4 is 5.91 Å². The van der Waals surface area contributed by atoms with Gasteiger partial charge in [0.25, 0.3) is 5.91 Å². The highest BCUT2D eigenvalue weighted by Crippen LogP contribution is 2.22. The van der Waals surface area contributed by atoms with Gasteiger partial charge in [0.15, 0.2) is 5.76 Å². The van der Waals surface area contributed by atoms with Crippen LogP contribution in [-0.4, -0.2) is 60.0 Å². The average Bonchev–Trinajstić information content (AvgIpc) is 3.45. The summed E-state index contributed by atoms with van der Waals surface area (Å²) in [7, 11) is 0. The van der Waals surface area contributed by atoms with Crippen molar-refractivity contribution in [3.63, 3.8) is 0 Å². The van der Waals surface area contributed by atoms with Crippen LogP contribution in [0, 0.1) is 0 Å². The zero-order valence-corrected chi connectivity index (χ0v) is 16.4. The lowest BCUT2D eigenvalue weighted by molar-refractivity contribution is 0.0372. The van der Waals surface area contributed by atoms with E-state index in [1.165, 1.54) is 0 Å². The molecule has 1 amide bonds. The fraction of sp³-hybridized carbons (Fsp3) is 0.364. The monoisotopic (exact) mass is 394 g/mol. The van der Waals surface area contributed by atoms with Crippen LogP contribution in [0.5, 0.6) is 0 Å². The van der Waals surface area contributed by atoms with Gasteiger partial charge in [-0.2, -0.15) is 5.10 Å². The van der Waals surface area contributed by atoms with Crippen LogP contribution in [0.3, 0.4) is 0 Å². The molecule has 1 aromatic carbocycles. The Hall–Kier alpha value is -2.90. The molecule has 0 unspecified atom stereocenters. The third kappa shape index (κ3) is 4.93. The van der Waals surface area contributed by atoms with Crippen LogP contribution in [0.15, 0.2) is 59.2 Å². The Morgan fingerprint density at radius 1 is 1.07 bits per heavy atom. The summed E-state index contributed by atoms with van der Waals surface area (Å²) in [6.45, 7) is 5.32. The van der Waals surface area contributed by atoms with Gasteiger partial charge in [0.2, 0.25) is 0 Å². The minimum atomic E-state index is -0.134. The smallest absolute Gasteiger partial charge is 0.270 e. The molecule has 7 heteroatoms. The number of carbonyl (C=O) groups is 1. The van der Waals surface area contributed by atoms with Crippen LogP contribution in [0.4, 0.5) is 0 Å². The molecule has 0 aliphatic carbocycles. The van der Waals surface area contributed by atoms with E-state index in [-0.39, 0.29) is 5.91 Å².